The zero-order chi connectivity index (χ0) is 18.1. The van der Waals surface area contributed by atoms with E-state index in [0.29, 0.717) is 0 Å². The van der Waals surface area contributed by atoms with Gasteiger partial charge in [0.15, 0.2) is 0 Å². The Labute approximate surface area is 153 Å². The molecule has 3 aromatic carbocycles. The first-order valence-electron chi connectivity index (χ1n) is 9.02. The van der Waals surface area contributed by atoms with Crippen LogP contribution >= 0.6 is 0 Å². The SMILES string of the molecule is Cc1c(N2C=CN(C)C2(C)C)ccc2c1oc1ccc3ccccc3c12. The first kappa shape index (κ1) is 15.3. The Morgan fingerprint density at radius 3 is 2.46 bits per heavy atom. The van der Waals surface area contributed by atoms with Crippen LogP contribution in [0, 0.1) is 6.92 Å². The number of furan rings is 1. The zero-order valence-corrected chi connectivity index (χ0v) is 15.6. The topological polar surface area (TPSA) is 19.6 Å². The van der Waals surface area contributed by atoms with Crippen molar-refractivity contribution in [3.05, 3.63) is 66.5 Å². The minimum atomic E-state index is -0.100. The fourth-order valence-corrected chi connectivity index (χ4v) is 4.07. The van der Waals surface area contributed by atoms with E-state index in [-0.39, 0.29) is 5.66 Å². The monoisotopic (exact) mass is 342 g/mol. The van der Waals surface area contributed by atoms with Crippen molar-refractivity contribution in [1.29, 1.82) is 0 Å². The van der Waals surface area contributed by atoms with E-state index in [4.69, 9.17) is 4.42 Å². The molecule has 3 heteroatoms. The van der Waals surface area contributed by atoms with Gasteiger partial charge in [-0.05, 0) is 49.7 Å². The number of rotatable bonds is 1. The van der Waals surface area contributed by atoms with Gasteiger partial charge in [-0.2, -0.15) is 0 Å². The highest BCUT2D eigenvalue weighted by atomic mass is 16.3. The highest BCUT2D eigenvalue weighted by Gasteiger charge is 2.34. The van der Waals surface area contributed by atoms with Crippen LogP contribution in [0.25, 0.3) is 32.7 Å². The van der Waals surface area contributed by atoms with E-state index in [0.717, 1.165) is 11.2 Å². The molecule has 0 N–H and O–H groups in total. The molecule has 1 aromatic heterocycles. The summed E-state index contributed by atoms with van der Waals surface area (Å²) in [6.07, 6.45) is 4.27. The van der Waals surface area contributed by atoms with E-state index in [9.17, 15) is 0 Å². The van der Waals surface area contributed by atoms with Crippen molar-refractivity contribution in [1.82, 2.24) is 4.90 Å². The molecule has 0 bridgehead atoms. The van der Waals surface area contributed by atoms with Gasteiger partial charge in [0.25, 0.3) is 0 Å². The van der Waals surface area contributed by atoms with Crippen LogP contribution in [0.15, 0.2) is 65.3 Å². The second kappa shape index (κ2) is 5.04. The molecule has 0 unspecified atom stereocenters. The van der Waals surface area contributed by atoms with Gasteiger partial charge >= 0.3 is 0 Å². The van der Waals surface area contributed by atoms with Crippen molar-refractivity contribution in [2.45, 2.75) is 26.4 Å². The Morgan fingerprint density at radius 2 is 1.69 bits per heavy atom. The van der Waals surface area contributed by atoms with Crippen molar-refractivity contribution in [2.24, 2.45) is 0 Å². The molecule has 3 nitrogen and oxygen atoms in total. The second-order valence-electron chi connectivity index (χ2n) is 7.62. The van der Waals surface area contributed by atoms with Gasteiger partial charge in [0.1, 0.15) is 16.8 Å². The number of anilines is 1. The maximum absolute atomic E-state index is 6.32. The summed E-state index contributed by atoms with van der Waals surface area (Å²) < 4.78 is 6.32. The van der Waals surface area contributed by atoms with Crippen LogP contribution in [0.1, 0.15) is 19.4 Å². The van der Waals surface area contributed by atoms with Crippen LogP contribution in [0.5, 0.6) is 0 Å². The lowest BCUT2D eigenvalue weighted by molar-refractivity contribution is 0.253. The summed E-state index contributed by atoms with van der Waals surface area (Å²) in [5.74, 6) is 0. The third-order valence-electron chi connectivity index (χ3n) is 5.90. The predicted molar refractivity (Wildman–Crippen MR) is 109 cm³/mol. The molecule has 0 fully saturated rings. The predicted octanol–water partition coefficient (Wildman–Crippen LogP) is 6.01. The molecule has 0 saturated carbocycles. The fourth-order valence-electron chi connectivity index (χ4n) is 4.07. The van der Waals surface area contributed by atoms with Gasteiger partial charge in [-0.15, -0.1) is 0 Å². The lowest BCUT2D eigenvalue weighted by atomic mass is 10.0. The van der Waals surface area contributed by atoms with Gasteiger partial charge in [0.05, 0.1) is 0 Å². The average Bonchev–Trinajstić information content (AvgIpc) is 3.14. The molecular weight excluding hydrogens is 320 g/mol. The highest BCUT2D eigenvalue weighted by Crippen LogP contribution is 2.41. The van der Waals surface area contributed by atoms with Gasteiger partial charge in [-0.25, -0.2) is 0 Å². The van der Waals surface area contributed by atoms with E-state index < -0.39 is 0 Å². The molecule has 0 spiro atoms. The van der Waals surface area contributed by atoms with E-state index in [1.54, 1.807) is 0 Å². The third kappa shape index (κ3) is 1.88. The Morgan fingerprint density at radius 1 is 0.885 bits per heavy atom. The molecular formula is C23H22N2O. The first-order chi connectivity index (χ1) is 12.5. The summed E-state index contributed by atoms with van der Waals surface area (Å²) in [5.41, 5.74) is 4.19. The van der Waals surface area contributed by atoms with E-state index >= 15 is 0 Å². The van der Waals surface area contributed by atoms with E-state index in [1.807, 2.05) is 0 Å². The van der Waals surface area contributed by atoms with Crippen LogP contribution in [0.3, 0.4) is 0 Å². The molecule has 0 aliphatic carbocycles. The zero-order valence-electron chi connectivity index (χ0n) is 15.6. The summed E-state index contributed by atoms with van der Waals surface area (Å²) in [6, 6.07) is 17.2. The van der Waals surface area contributed by atoms with E-state index in [2.05, 4.69) is 98.5 Å². The van der Waals surface area contributed by atoms with Crippen molar-refractivity contribution in [3.63, 3.8) is 0 Å². The fraction of sp³-hybridized carbons (Fsp3) is 0.217. The van der Waals surface area contributed by atoms with E-state index in [1.165, 1.54) is 32.8 Å². The Balaban J connectivity index is 1.81. The summed E-state index contributed by atoms with van der Waals surface area (Å²) in [4.78, 5) is 4.54. The number of hydrogen-bond donors (Lipinski definition) is 0. The summed E-state index contributed by atoms with van der Waals surface area (Å²) >= 11 is 0. The molecule has 0 amide bonds. The number of benzene rings is 3. The molecule has 0 saturated heterocycles. The average molecular weight is 342 g/mol. The van der Waals surface area contributed by atoms with Gasteiger partial charge in [-0.3, -0.25) is 0 Å². The summed E-state index contributed by atoms with van der Waals surface area (Å²) in [5, 5.41) is 4.89. The minimum Gasteiger partial charge on any atom is -0.456 e. The van der Waals surface area contributed by atoms with Gasteiger partial charge < -0.3 is 14.2 Å². The summed E-state index contributed by atoms with van der Waals surface area (Å²) in [6.45, 7) is 6.61. The third-order valence-corrected chi connectivity index (χ3v) is 5.90. The molecule has 1 aliphatic rings. The van der Waals surface area contributed by atoms with Crippen LogP contribution < -0.4 is 4.90 Å². The van der Waals surface area contributed by atoms with Crippen LogP contribution in [0.2, 0.25) is 0 Å². The molecule has 1 aliphatic heterocycles. The molecule has 26 heavy (non-hydrogen) atoms. The lowest BCUT2D eigenvalue weighted by Crippen LogP contribution is -2.46. The van der Waals surface area contributed by atoms with Crippen LogP contribution in [-0.2, 0) is 0 Å². The highest BCUT2D eigenvalue weighted by molar-refractivity contribution is 6.19. The number of fused-ring (bicyclic) bond motifs is 5. The maximum Gasteiger partial charge on any atom is 0.140 e. The van der Waals surface area contributed by atoms with Gasteiger partial charge in [-0.1, -0.05) is 30.3 Å². The smallest absolute Gasteiger partial charge is 0.140 e. The standard InChI is InChI=1S/C23H22N2O/c1-15-19(25-14-13-24(4)23(25,2)3)11-10-18-21-17-8-6-5-7-16(17)9-12-20(21)26-22(15)18/h5-14H,1-4H3. The number of hydrogen-bond acceptors (Lipinski definition) is 3. The van der Waals surface area contributed by atoms with Crippen molar-refractivity contribution in [3.8, 4) is 0 Å². The lowest BCUT2D eigenvalue weighted by Gasteiger charge is -2.39. The van der Waals surface area contributed by atoms with Crippen LogP contribution in [0.4, 0.5) is 5.69 Å². The molecule has 5 rings (SSSR count). The first-order valence-corrected chi connectivity index (χ1v) is 9.02. The van der Waals surface area contributed by atoms with Gasteiger partial charge in [0.2, 0.25) is 0 Å². The molecule has 130 valence electrons. The second-order valence-corrected chi connectivity index (χ2v) is 7.62. The Bertz CT molecular complexity index is 1200. The Kier molecular flexibility index (Phi) is 2.97. The van der Waals surface area contributed by atoms with Crippen LogP contribution in [-0.4, -0.2) is 17.6 Å². The molecule has 4 aromatic rings. The normalized spacial score (nSPS) is 16.5. The summed E-state index contributed by atoms with van der Waals surface area (Å²) in [7, 11) is 2.11. The minimum absolute atomic E-state index is 0.100. The quantitative estimate of drug-likeness (QED) is 0.422. The van der Waals surface area contributed by atoms with Gasteiger partial charge in [0, 0.05) is 41.5 Å². The molecule has 0 atom stereocenters. The molecule has 0 radical (unpaired) electrons. The molecule has 2 heterocycles. The van der Waals surface area contributed by atoms with Crippen molar-refractivity contribution < 1.29 is 4.42 Å². The van der Waals surface area contributed by atoms with Crippen molar-refractivity contribution >= 4 is 38.4 Å². The van der Waals surface area contributed by atoms with Crippen molar-refractivity contribution in [2.75, 3.05) is 11.9 Å². The number of aryl methyl sites for hydroxylation is 1. The number of nitrogens with zero attached hydrogens (tertiary/aromatic N) is 2. The largest absolute Gasteiger partial charge is 0.456 e. The maximum atomic E-state index is 6.32. The Hall–Kier alpha value is -2.94.